The molecule has 1 amide bonds. The molecule has 0 aliphatic carbocycles. The highest BCUT2D eigenvalue weighted by Gasteiger charge is 2.21. The SMILES string of the molecule is Cc1nn2cccnc2c1C(=O)N(C)CCCOc1ccc(Cl)cc1. The number of carbonyl (C=O) groups excluding carboxylic acids is 1. The van der Waals surface area contributed by atoms with E-state index in [2.05, 4.69) is 10.1 Å². The summed E-state index contributed by atoms with van der Waals surface area (Å²) in [5.74, 6) is 0.679. The smallest absolute Gasteiger partial charge is 0.259 e. The van der Waals surface area contributed by atoms with Gasteiger partial charge in [-0.3, -0.25) is 4.79 Å². The van der Waals surface area contributed by atoms with Crippen LogP contribution in [0, 0.1) is 6.92 Å². The number of rotatable bonds is 6. The van der Waals surface area contributed by atoms with Crippen LogP contribution in [0.1, 0.15) is 22.5 Å². The van der Waals surface area contributed by atoms with Crippen molar-refractivity contribution in [2.75, 3.05) is 20.2 Å². The molecule has 3 rings (SSSR count). The fraction of sp³-hybridized carbons (Fsp3) is 0.278. The zero-order chi connectivity index (χ0) is 17.8. The summed E-state index contributed by atoms with van der Waals surface area (Å²) in [4.78, 5) is 18.7. The van der Waals surface area contributed by atoms with Crippen molar-refractivity contribution in [2.24, 2.45) is 0 Å². The number of aromatic nitrogens is 3. The predicted molar refractivity (Wildman–Crippen MR) is 96.2 cm³/mol. The lowest BCUT2D eigenvalue weighted by Crippen LogP contribution is -2.29. The van der Waals surface area contributed by atoms with Gasteiger partial charge in [-0.1, -0.05) is 11.6 Å². The molecule has 3 aromatic rings. The number of halogens is 1. The number of hydrogen-bond donors (Lipinski definition) is 0. The summed E-state index contributed by atoms with van der Waals surface area (Å²) in [6.45, 7) is 2.92. The first-order chi connectivity index (χ1) is 12.1. The van der Waals surface area contributed by atoms with E-state index in [1.54, 1.807) is 47.1 Å². The van der Waals surface area contributed by atoms with Crippen molar-refractivity contribution in [3.8, 4) is 5.75 Å². The second kappa shape index (κ2) is 7.53. The molecule has 0 radical (unpaired) electrons. The maximum absolute atomic E-state index is 12.7. The highest BCUT2D eigenvalue weighted by atomic mass is 35.5. The van der Waals surface area contributed by atoms with Crippen molar-refractivity contribution >= 4 is 23.2 Å². The summed E-state index contributed by atoms with van der Waals surface area (Å²) >= 11 is 5.84. The third kappa shape index (κ3) is 3.91. The summed E-state index contributed by atoms with van der Waals surface area (Å²) in [6, 6.07) is 9.00. The number of fused-ring (bicyclic) bond motifs is 1. The quantitative estimate of drug-likeness (QED) is 0.635. The number of benzene rings is 1. The fourth-order valence-electron chi connectivity index (χ4n) is 2.56. The molecule has 2 heterocycles. The Kier molecular flexibility index (Phi) is 5.19. The number of amides is 1. The topological polar surface area (TPSA) is 59.7 Å². The molecule has 0 spiro atoms. The lowest BCUT2D eigenvalue weighted by atomic mass is 10.2. The molecule has 130 valence electrons. The van der Waals surface area contributed by atoms with Crippen LogP contribution < -0.4 is 4.74 Å². The van der Waals surface area contributed by atoms with Crippen LogP contribution in [0.4, 0.5) is 0 Å². The van der Waals surface area contributed by atoms with Crippen LogP contribution in [-0.4, -0.2) is 45.6 Å². The molecule has 0 atom stereocenters. The van der Waals surface area contributed by atoms with E-state index in [-0.39, 0.29) is 5.91 Å². The third-order valence-corrected chi connectivity index (χ3v) is 4.10. The van der Waals surface area contributed by atoms with Crippen LogP contribution in [0.25, 0.3) is 5.65 Å². The third-order valence-electron chi connectivity index (χ3n) is 3.85. The van der Waals surface area contributed by atoms with E-state index in [1.165, 1.54) is 0 Å². The summed E-state index contributed by atoms with van der Waals surface area (Å²) in [5, 5.41) is 5.01. The van der Waals surface area contributed by atoms with E-state index < -0.39 is 0 Å². The Balaban J connectivity index is 1.57. The van der Waals surface area contributed by atoms with Gasteiger partial charge in [0, 0.05) is 31.0 Å². The van der Waals surface area contributed by atoms with E-state index in [0.717, 1.165) is 12.2 Å². The second-order valence-electron chi connectivity index (χ2n) is 5.73. The van der Waals surface area contributed by atoms with Gasteiger partial charge in [-0.25, -0.2) is 9.50 Å². The van der Waals surface area contributed by atoms with Crippen LogP contribution in [0.5, 0.6) is 5.75 Å². The second-order valence-corrected chi connectivity index (χ2v) is 6.17. The van der Waals surface area contributed by atoms with Gasteiger partial charge in [-0.15, -0.1) is 0 Å². The highest BCUT2D eigenvalue weighted by molar-refractivity contribution is 6.30. The van der Waals surface area contributed by atoms with Crippen LogP contribution in [0.2, 0.25) is 5.02 Å². The summed E-state index contributed by atoms with van der Waals surface area (Å²) in [6.07, 6.45) is 4.16. The van der Waals surface area contributed by atoms with Crippen LogP contribution in [0.15, 0.2) is 42.7 Å². The van der Waals surface area contributed by atoms with Crippen LogP contribution >= 0.6 is 11.6 Å². The van der Waals surface area contributed by atoms with Crippen molar-refractivity contribution in [3.63, 3.8) is 0 Å². The van der Waals surface area contributed by atoms with Gasteiger partial charge >= 0.3 is 0 Å². The van der Waals surface area contributed by atoms with Crippen LogP contribution in [0.3, 0.4) is 0 Å². The minimum Gasteiger partial charge on any atom is -0.494 e. The van der Waals surface area contributed by atoms with Gasteiger partial charge in [-0.05, 0) is 43.7 Å². The zero-order valence-corrected chi connectivity index (χ0v) is 14.9. The van der Waals surface area contributed by atoms with Gasteiger partial charge in [0.2, 0.25) is 0 Å². The Labute approximate surface area is 151 Å². The van der Waals surface area contributed by atoms with Gasteiger partial charge in [-0.2, -0.15) is 5.10 Å². The minimum atomic E-state index is -0.0855. The molecule has 0 aliphatic rings. The Morgan fingerprint density at radius 2 is 2.08 bits per heavy atom. The molecule has 0 saturated carbocycles. The molecular weight excluding hydrogens is 340 g/mol. The Morgan fingerprint density at radius 1 is 1.32 bits per heavy atom. The van der Waals surface area contributed by atoms with Gasteiger partial charge in [0.05, 0.1) is 12.3 Å². The molecule has 0 aliphatic heterocycles. The number of ether oxygens (including phenoxy) is 1. The molecule has 0 N–H and O–H groups in total. The van der Waals surface area contributed by atoms with Gasteiger partial charge in [0.1, 0.15) is 11.3 Å². The molecule has 6 nitrogen and oxygen atoms in total. The minimum absolute atomic E-state index is 0.0855. The molecule has 0 bridgehead atoms. The van der Waals surface area contributed by atoms with E-state index in [0.29, 0.717) is 35.1 Å². The molecule has 7 heteroatoms. The monoisotopic (exact) mass is 358 g/mol. The predicted octanol–water partition coefficient (Wildman–Crippen LogP) is 3.23. The van der Waals surface area contributed by atoms with Gasteiger partial charge in [0.25, 0.3) is 5.91 Å². The standard InChI is InChI=1S/C18H19ClN4O2/c1-13-16(17-20-9-3-11-23(17)21-13)18(24)22(2)10-4-12-25-15-7-5-14(19)6-8-15/h3,5-9,11H,4,10,12H2,1-2H3. The Morgan fingerprint density at radius 3 is 2.84 bits per heavy atom. The normalized spacial score (nSPS) is 10.8. The zero-order valence-electron chi connectivity index (χ0n) is 14.1. The lowest BCUT2D eigenvalue weighted by molar-refractivity contribution is 0.0789. The number of carbonyl (C=O) groups is 1. The van der Waals surface area contributed by atoms with E-state index in [9.17, 15) is 4.79 Å². The molecular formula is C18H19ClN4O2. The largest absolute Gasteiger partial charge is 0.494 e. The van der Waals surface area contributed by atoms with Crippen molar-refractivity contribution in [1.82, 2.24) is 19.5 Å². The van der Waals surface area contributed by atoms with Crippen molar-refractivity contribution < 1.29 is 9.53 Å². The molecule has 0 unspecified atom stereocenters. The molecule has 1 aromatic carbocycles. The van der Waals surface area contributed by atoms with E-state index in [4.69, 9.17) is 16.3 Å². The number of nitrogens with zero attached hydrogens (tertiary/aromatic N) is 4. The first-order valence-electron chi connectivity index (χ1n) is 8.00. The fourth-order valence-corrected chi connectivity index (χ4v) is 2.69. The highest BCUT2D eigenvalue weighted by Crippen LogP contribution is 2.17. The van der Waals surface area contributed by atoms with Crippen molar-refractivity contribution in [2.45, 2.75) is 13.3 Å². The molecule has 0 saturated heterocycles. The average molecular weight is 359 g/mol. The maximum atomic E-state index is 12.7. The Bertz CT molecular complexity index is 876. The first-order valence-corrected chi connectivity index (χ1v) is 8.38. The van der Waals surface area contributed by atoms with E-state index in [1.807, 2.05) is 19.1 Å². The van der Waals surface area contributed by atoms with Crippen LogP contribution in [-0.2, 0) is 0 Å². The van der Waals surface area contributed by atoms with E-state index >= 15 is 0 Å². The maximum Gasteiger partial charge on any atom is 0.259 e. The van der Waals surface area contributed by atoms with Crippen molar-refractivity contribution in [1.29, 1.82) is 0 Å². The summed E-state index contributed by atoms with van der Waals surface area (Å²) < 4.78 is 7.28. The molecule has 2 aromatic heterocycles. The Hall–Kier alpha value is -2.60. The van der Waals surface area contributed by atoms with Gasteiger partial charge in [0.15, 0.2) is 5.65 Å². The number of hydrogen-bond acceptors (Lipinski definition) is 4. The molecule has 25 heavy (non-hydrogen) atoms. The van der Waals surface area contributed by atoms with Gasteiger partial charge < -0.3 is 9.64 Å². The number of aryl methyl sites for hydroxylation is 1. The first kappa shape index (κ1) is 17.2. The summed E-state index contributed by atoms with van der Waals surface area (Å²) in [5.41, 5.74) is 1.80. The lowest BCUT2D eigenvalue weighted by Gasteiger charge is -2.17. The molecule has 0 fully saturated rings. The summed E-state index contributed by atoms with van der Waals surface area (Å²) in [7, 11) is 1.77. The van der Waals surface area contributed by atoms with Crippen molar-refractivity contribution in [3.05, 3.63) is 59.0 Å². The average Bonchev–Trinajstić information content (AvgIpc) is 2.95.